The lowest BCUT2D eigenvalue weighted by atomic mass is 10.1. The van der Waals surface area contributed by atoms with E-state index in [1.165, 1.54) is 141 Å². The molecule has 9 heteroatoms. The molecule has 0 aliphatic carbocycles. The number of nitrogens with zero attached hydrogens (tertiary/aromatic N) is 1. The third kappa shape index (κ3) is 49.3. The summed E-state index contributed by atoms with van der Waals surface area (Å²) in [6.07, 6.45) is 55.8. The summed E-state index contributed by atoms with van der Waals surface area (Å²) in [6.45, 7) is 5.60. The number of rotatable bonds is 47. The molecule has 1 N–H and O–H groups in total. The second-order valence-corrected chi connectivity index (χ2v) is 19.6. The molecule has 0 aromatic rings. The van der Waals surface area contributed by atoms with Crippen LogP contribution in [0.15, 0.2) is 48.6 Å². The number of allylic oxidation sites excluding steroid dienone is 8. The Balaban J connectivity index is 4.14. The number of carbonyl (C=O) groups excluding carboxylic acids is 1. The third-order valence-electron chi connectivity index (χ3n) is 10.9. The highest BCUT2D eigenvalue weighted by Gasteiger charge is 2.26. The van der Waals surface area contributed by atoms with E-state index < -0.39 is 13.9 Å². The van der Waals surface area contributed by atoms with Gasteiger partial charge in [0.15, 0.2) is 0 Å². The Labute approximate surface area is 378 Å². The molecular formula is C52H99NO7P+. The monoisotopic (exact) mass is 881 g/mol. The first-order valence-electron chi connectivity index (χ1n) is 25.4. The Morgan fingerprint density at radius 1 is 0.508 bits per heavy atom. The second kappa shape index (κ2) is 45.0. The van der Waals surface area contributed by atoms with Gasteiger partial charge in [-0.1, -0.05) is 184 Å². The number of unbranched alkanes of at least 4 members (excludes halogenated alkanes) is 25. The van der Waals surface area contributed by atoms with Crippen molar-refractivity contribution in [3.05, 3.63) is 48.6 Å². The van der Waals surface area contributed by atoms with E-state index in [-0.39, 0.29) is 25.8 Å². The highest BCUT2D eigenvalue weighted by molar-refractivity contribution is 7.47. The van der Waals surface area contributed by atoms with Crippen molar-refractivity contribution in [3.63, 3.8) is 0 Å². The molecule has 2 atom stereocenters. The average molecular weight is 881 g/mol. The molecule has 0 aromatic heterocycles. The molecule has 0 rings (SSSR count). The Morgan fingerprint density at radius 2 is 0.902 bits per heavy atom. The number of hydrogen-bond donors (Lipinski definition) is 1. The summed E-state index contributed by atoms with van der Waals surface area (Å²) in [5, 5.41) is 0. The molecule has 0 saturated heterocycles. The van der Waals surface area contributed by atoms with Crippen LogP contribution >= 0.6 is 7.82 Å². The number of carbonyl (C=O) groups is 1. The zero-order chi connectivity index (χ0) is 44.8. The highest BCUT2D eigenvalue weighted by atomic mass is 31.2. The van der Waals surface area contributed by atoms with Crippen molar-refractivity contribution in [2.24, 2.45) is 0 Å². The SMILES string of the molecule is CCCCCCC/C=C\C/C=C\C/C=C\CCCCCCCCCCCOCC(COP(=O)(O)OCC[N+](C)(C)C)OC(=O)CCCCCCC/C=C\CCCCCCCC. The predicted octanol–water partition coefficient (Wildman–Crippen LogP) is 15.5. The van der Waals surface area contributed by atoms with Crippen molar-refractivity contribution in [2.45, 2.75) is 225 Å². The molecule has 0 radical (unpaired) electrons. The fourth-order valence-corrected chi connectivity index (χ4v) is 7.65. The predicted molar refractivity (Wildman–Crippen MR) is 261 cm³/mol. The van der Waals surface area contributed by atoms with Crippen molar-refractivity contribution < 1.29 is 37.3 Å². The normalized spacial score (nSPS) is 14.0. The molecular weight excluding hydrogens is 782 g/mol. The minimum atomic E-state index is -4.28. The van der Waals surface area contributed by atoms with Crippen molar-refractivity contribution in [3.8, 4) is 0 Å². The number of quaternary nitrogens is 1. The van der Waals surface area contributed by atoms with E-state index in [0.717, 1.165) is 57.8 Å². The van der Waals surface area contributed by atoms with Crippen LogP contribution < -0.4 is 0 Å². The molecule has 61 heavy (non-hydrogen) atoms. The van der Waals surface area contributed by atoms with Gasteiger partial charge >= 0.3 is 13.8 Å². The molecule has 0 aliphatic rings. The van der Waals surface area contributed by atoms with E-state index in [1.807, 2.05) is 21.1 Å². The Morgan fingerprint density at radius 3 is 1.36 bits per heavy atom. The zero-order valence-corrected chi connectivity index (χ0v) is 41.5. The maximum atomic E-state index is 12.7. The van der Waals surface area contributed by atoms with E-state index in [9.17, 15) is 14.3 Å². The fourth-order valence-electron chi connectivity index (χ4n) is 6.91. The fraction of sp³-hybridized carbons (Fsp3) is 0.827. The first-order chi connectivity index (χ1) is 29.6. The molecule has 0 heterocycles. The van der Waals surface area contributed by atoms with Gasteiger partial charge in [-0.3, -0.25) is 13.8 Å². The first kappa shape index (κ1) is 59.5. The van der Waals surface area contributed by atoms with E-state index >= 15 is 0 Å². The largest absolute Gasteiger partial charge is 0.472 e. The van der Waals surface area contributed by atoms with Crippen LogP contribution in [0, 0.1) is 0 Å². The lowest BCUT2D eigenvalue weighted by Gasteiger charge is -2.24. The second-order valence-electron chi connectivity index (χ2n) is 18.2. The summed E-state index contributed by atoms with van der Waals surface area (Å²) in [5.74, 6) is -0.324. The smallest absolute Gasteiger partial charge is 0.457 e. The standard InChI is InChI=1S/C52H98NO7P/c1-6-8-10-12-14-16-18-20-22-23-24-25-26-27-28-29-30-32-34-36-38-40-42-44-47-57-49-51(50-59-61(55,56)58-48-46-53(3,4)5)60-52(54)45-43-41-39-37-35-33-31-21-19-17-15-13-11-9-7-2/h18,20-21,23-24,26-27,31,51H,6-17,19,22,25,28-30,32-50H2,1-5H3/p+1/b20-18-,24-23-,27-26-,31-21-. The summed E-state index contributed by atoms with van der Waals surface area (Å²) >= 11 is 0. The van der Waals surface area contributed by atoms with Crippen LogP contribution in [0.2, 0.25) is 0 Å². The maximum Gasteiger partial charge on any atom is 0.472 e. The van der Waals surface area contributed by atoms with Gasteiger partial charge in [0.05, 0.1) is 34.4 Å². The Bertz CT molecular complexity index is 1120. The van der Waals surface area contributed by atoms with Crippen LogP contribution in [0.5, 0.6) is 0 Å². The lowest BCUT2D eigenvalue weighted by Crippen LogP contribution is -2.37. The van der Waals surface area contributed by atoms with Crippen LogP contribution in [0.4, 0.5) is 0 Å². The minimum absolute atomic E-state index is 0.0849. The molecule has 0 saturated carbocycles. The van der Waals surface area contributed by atoms with Gasteiger partial charge in [0.2, 0.25) is 0 Å². The zero-order valence-electron chi connectivity index (χ0n) is 40.7. The average Bonchev–Trinajstić information content (AvgIpc) is 3.22. The van der Waals surface area contributed by atoms with Gasteiger partial charge in [-0.25, -0.2) is 4.57 Å². The Kier molecular flexibility index (Phi) is 43.9. The van der Waals surface area contributed by atoms with Gasteiger partial charge in [0.1, 0.15) is 19.3 Å². The quantitative estimate of drug-likeness (QED) is 0.0214. The molecule has 0 spiro atoms. The molecule has 0 fully saturated rings. The number of phosphoric acid groups is 1. The maximum absolute atomic E-state index is 12.7. The molecule has 0 bridgehead atoms. The van der Waals surface area contributed by atoms with E-state index in [2.05, 4.69) is 62.5 Å². The summed E-state index contributed by atoms with van der Waals surface area (Å²) in [6, 6.07) is 0. The summed E-state index contributed by atoms with van der Waals surface area (Å²) < 4.78 is 35.1. The first-order valence-corrected chi connectivity index (χ1v) is 26.9. The highest BCUT2D eigenvalue weighted by Crippen LogP contribution is 2.43. The van der Waals surface area contributed by atoms with Crippen LogP contribution in [0.1, 0.15) is 219 Å². The molecule has 0 aromatic carbocycles. The van der Waals surface area contributed by atoms with Gasteiger partial charge < -0.3 is 18.9 Å². The number of esters is 1. The number of likely N-dealkylation sites (N-methyl/N-ethyl adjacent to an activating group) is 1. The van der Waals surface area contributed by atoms with Crippen LogP contribution in [0.25, 0.3) is 0 Å². The van der Waals surface area contributed by atoms with Gasteiger partial charge in [-0.2, -0.15) is 0 Å². The number of phosphoric ester groups is 1. The summed E-state index contributed by atoms with van der Waals surface area (Å²) in [7, 11) is 1.66. The number of ether oxygens (including phenoxy) is 2. The van der Waals surface area contributed by atoms with Crippen LogP contribution in [-0.4, -0.2) is 75.6 Å². The van der Waals surface area contributed by atoms with Crippen molar-refractivity contribution in [2.75, 3.05) is 54.1 Å². The summed E-state index contributed by atoms with van der Waals surface area (Å²) in [4.78, 5) is 23.0. The van der Waals surface area contributed by atoms with Gasteiger partial charge in [-0.05, 0) is 77.0 Å². The molecule has 0 amide bonds. The van der Waals surface area contributed by atoms with Crippen molar-refractivity contribution in [1.82, 2.24) is 0 Å². The van der Waals surface area contributed by atoms with Gasteiger partial charge in [-0.15, -0.1) is 0 Å². The van der Waals surface area contributed by atoms with Crippen LogP contribution in [0.3, 0.4) is 0 Å². The third-order valence-corrected chi connectivity index (χ3v) is 11.8. The minimum Gasteiger partial charge on any atom is -0.457 e. The molecule has 358 valence electrons. The number of hydrogen-bond acceptors (Lipinski definition) is 6. The van der Waals surface area contributed by atoms with E-state index in [1.54, 1.807) is 0 Å². The van der Waals surface area contributed by atoms with E-state index in [4.69, 9.17) is 18.5 Å². The molecule has 2 unspecified atom stereocenters. The summed E-state index contributed by atoms with van der Waals surface area (Å²) in [5.41, 5.74) is 0. The van der Waals surface area contributed by atoms with Gasteiger partial charge in [0.25, 0.3) is 0 Å². The lowest BCUT2D eigenvalue weighted by molar-refractivity contribution is -0.870. The topological polar surface area (TPSA) is 91.3 Å². The molecule has 0 aliphatic heterocycles. The molecule has 8 nitrogen and oxygen atoms in total. The van der Waals surface area contributed by atoms with Crippen molar-refractivity contribution >= 4 is 13.8 Å². The Hall–Kier alpha value is -1.54. The van der Waals surface area contributed by atoms with Crippen molar-refractivity contribution in [1.29, 1.82) is 0 Å². The van der Waals surface area contributed by atoms with Gasteiger partial charge in [0, 0.05) is 13.0 Å². The van der Waals surface area contributed by atoms with E-state index in [0.29, 0.717) is 24.1 Å². The van der Waals surface area contributed by atoms with Crippen LogP contribution in [-0.2, 0) is 27.9 Å².